The van der Waals surface area contributed by atoms with Crippen molar-refractivity contribution >= 4 is 11.4 Å². The highest BCUT2D eigenvalue weighted by Gasteiger charge is 1.96. The third kappa shape index (κ3) is 4.91. The largest absolute Gasteiger partial charge is 0.289 e. The maximum absolute atomic E-state index is 4.57. The summed E-state index contributed by atoms with van der Waals surface area (Å²) in [6, 6.07) is 7.91. The van der Waals surface area contributed by atoms with Crippen LogP contribution < -0.4 is 0 Å². The van der Waals surface area contributed by atoms with E-state index in [4.69, 9.17) is 0 Å². The molecular weight excluding hydrogens is 260 g/mol. The summed E-state index contributed by atoms with van der Waals surface area (Å²) in [5.41, 5.74) is 4.35. The van der Waals surface area contributed by atoms with Crippen molar-refractivity contribution in [2.45, 2.75) is 20.3 Å². The second-order valence-corrected chi connectivity index (χ2v) is 4.76. The van der Waals surface area contributed by atoms with Crippen LogP contribution >= 0.6 is 0 Å². The number of pyridine rings is 2. The van der Waals surface area contributed by atoms with Crippen LogP contribution in [0.1, 0.15) is 31.4 Å². The van der Waals surface area contributed by atoms with Gasteiger partial charge in [0.25, 0.3) is 0 Å². The number of hydrogen-bond donors (Lipinski definition) is 0. The molecule has 0 aliphatic heterocycles. The summed E-state index contributed by atoms with van der Waals surface area (Å²) in [5.74, 6) is 0. The maximum Gasteiger partial charge on any atom is 0.0410 e. The van der Waals surface area contributed by atoms with Crippen LogP contribution in [0, 0.1) is 0 Å². The van der Waals surface area contributed by atoms with Crippen LogP contribution in [-0.2, 0) is 0 Å². The number of aromatic nitrogens is 2. The number of nitrogens with zero attached hydrogens (tertiary/aromatic N) is 4. The Morgan fingerprint density at radius 1 is 0.762 bits per heavy atom. The molecule has 108 valence electrons. The lowest BCUT2D eigenvalue weighted by atomic mass is 10.2. The highest BCUT2D eigenvalue weighted by molar-refractivity contribution is 5.99. The van der Waals surface area contributed by atoms with Gasteiger partial charge in [0.15, 0.2) is 0 Å². The van der Waals surface area contributed by atoms with E-state index in [9.17, 15) is 0 Å². The molecule has 0 atom stereocenters. The van der Waals surface area contributed by atoms with Gasteiger partial charge in [0, 0.05) is 49.3 Å². The van der Waals surface area contributed by atoms with E-state index in [1.165, 1.54) is 0 Å². The van der Waals surface area contributed by atoms with Gasteiger partial charge in [0.05, 0.1) is 0 Å². The predicted molar refractivity (Wildman–Crippen MR) is 87.2 cm³/mol. The fraction of sp³-hybridized carbons (Fsp3) is 0.294. The molecule has 0 aliphatic rings. The van der Waals surface area contributed by atoms with E-state index < -0.39 is 0 Å². The Balaban J connectivity index is 1.80. The minimum absolute atomic E-state index is 0.793. The molecule has 0 aliphatic carbocycles. The molecular formula is C17H20N4. The molecule has 0 fully saturated rings. The molecule has 0 radical (unpaired) electrons. The second kappa shape index (κ2) is 8.04. The van der Waals surface area contributed by atoms with E-state index in [1.54, 1.807) is 24.8 Å². The highest BCUT2D eigenvalue weighted by atomic mass is 14.8. The maximum atomic E-state index is 4.57. The van der Waals surface area contributed by atoms with Gasteiger partial charge in [-0.05, 0) is 55.7 Å². The summed E-state index contributed by atoms with van der Waals surface area (Å²) >= 11 is 0. The Hall–Kier alpha value is -2.36. The molecule has 0 N–H and O–H groups in total. The average molecular weight is 280 g/mol. The molecule has 4 nitrogen and oxygen atoms in total. The monoisotopic (exact) mass is 280 g/mol. The molecule has 2 rings (SSSR count). The van der Waals surface area contributed by atoms with Crippen molar-refractivity contribution in [2.24, 2.45) is 9.98 Å². The predicted octanol–water partition coefficient (Wildman–Crippen LogP) is 3.18. The van der Waals surface area contributed by atoms with Gasteiger partial charge < -0.3 is 0 Å². The molecule has 2 heterocycles. The van der Waals surface area contributed by atoms with Crippen molar-refractivity contribution in [3.8, 4) is 0 Å². The van der Waals surface area contributed by atoms with Gasteiger partial charge in [-0.3, -0.25) is 20.0 Å². The summed E-state index contributed by atoms with van der Waals surface area (Å²) in [4.78, 5) is 17.2. The minimum atomic E-state index is 0.793. The van der Waals surface area contributed by atoms with Crippen LogP contribution in [0.15, 0.2) is 59.0 Å². The van der Waals surface area contributed by atoms with Gasteiger partial charge in [-0.25, -0.2) is 0 Å². The molecule has 2 aromatic rings. The highest BCUT2D eigenvalue weighted by Crippen LogP contribution is 2.01. The fourth-order valence-corrected chi connectivity index (χ4v) is 1.93. The topological polar surface area (TPSA) is 50.5 Å². The molecule has 2 aromatic heterocycles. The molecule has 0 bridgehead atoms. The lowest BCUT2D eigenvalue weighted by molar-refractivity contribution is 0.845. The van der Waals surface area contributed by atoms with Gasteiger partial charge in [-0.15, -0.1) is 0 Å². The van der Waals surface area contributed by atoms with Crippen molar-refractivity contribution in [1.29, 1.82) is 0 Å². The Morgan fingerprint density at radius 2 is 1.14 bits per heavy atom. The summed E-state index contributed by atoms with van der Waals surface area (Å²) in [6.45, 7) is 5.64. The first-order chi connectivity index (χ1) is 10.3. The van der Waals surface area contributed by atoms with Crippen LogP contribution in [-0.4, -0.2) is 34.5 Å². The fourth-order valence-electron chi connectivity index (χ4n) is 1.93. The standard InChI is InChI=1S/C17H20N4/c1-14(16-4-10-18-11-5-16)20-8-3-9-21-15(2)17-6-12-19-13-7-17/h4-7,10-13H,3,8-9H2,1-2H3. The lowest BCUT2D eigenvalue weighted by Gasteiger charge is -2.01. The normalized spacial score (nSPS) is 12.5. The molecule has 21 heavy (non-hydrogen) atoms. The smallest absolute Gasteiger partial charge is 0.0410 e. The number of hydrogen-bond acceptors (Lipinski definition) is 4. The number of aliphatic imine (C=N–C) groups is 2. The van der Waals surface area contributed by atoms with Gasteiger partial charge in [0.2, 0.25) is 0 Å². The van der Waals surface area contributed by atoms with Crippen molar-refractivity contribution in [3.05, 3.63) is 60.2 Å². The van der Waals surface area contributed by atoms with E-state index >= 15 is 0 Å². The van der Waals surface area contributed by atoms with Crippen molar-refractivity contribution in [2.75, 3.05) is 13.1 Å². The zero-order chi connectivity index (χ0) is 14.9. The Labute approximate surface area is 125 Å². The first kappa shape index (κ1) is 15.0. The third-order valence-electron chi connectivity index (χ3n) is 3.21. The molecule has 0 saturated carbocycles. The van der Waals surface area contributed by atoms with E-state index in [0.717, 1.165) is 42.1 Å². The second-order valence-electron chi connectivity index (χ2n) is 4.76. The van der Waals surface area contributed by atoms with Crippen LogP contribution in [0.4, 0.5) is 0 Å². The molecule has 0 spiro atoms. The van der Waals surface area contributed by atoms with E-state index in [1.807, 2.05) is 38.1 Å². The van der Waals surface area contributed by atoms with Gasteiger partial charge in [-0.2, -0.15) is 0 Å². The van der Waals surface area contributed by atoms with Crippen molar-refractivity contribution in [3.63, 3.8) is 0 Å². The van der Waals surface area contributed by atoms with E-state index in [0.29, 0.717) is 0 Å². The van der Waals surface area contributed by atoms with E-state index in [-0.39, 0.29) is 0 Å². The molecule has 4 heteroatoms. The van der Waals surface area contributed by atoms with Crippen molar-refractivity contribution < 1.29 is 0 Å². The minimum Gasteiger partial charge on any atom is -0.289 e. The zero-order valence-electron chi connectivity index (χ0n) is 12.5. The lowest BCUT2D eigenvalue weighted by Crippen LogP contribution is -1.99. The Bertz CT molecular complexity index is 548. The van der Waals surface area contributed by atoms with Crippen LogP contribution in [0.3, 0.4) is 0 Å². The molecule has 0 amide bonds. The molecule has 0 aromatic carbocycles. The van der Waals surface area contributed by atoms with Crippen LogP contribution in [0.2, 0.25) is 0 Å². The summed E-state index contributed by atoms with van der Waals surface area (Å²) in [5, 5.41) is 0. The Kier molecular flexibility index (Phi) is 5.76. The average Bonchev–Trinajstić information content (AvgIpc) is 2.55. The van der Waals surface area contributed by atoms with Gasteiger partial charge >= 0.3 is 0 Å². The summed E-state index contributed by atoms with van der Waals surface area (Å²) < 4.78 is 0. The zero-order valence-corrected chi connectivity index (χ0v) is 12.5. The van der Waals surface area contributed by atoms with Crippen LogP contribution in [0.25, 0.3) is 0 Å². The first-order valence-corrected chi connectivity index (χ1v) is 7.10. The summed E-state index contributed by atoms with van der Waals surface area (Å²) in [7, 11) is 0. The van der Waals surface area contributed by atoms with Crippen LogP contribution in [0.5, 0.6) is 0 Å². The summed E-state index contributed by atoms with van der Waals surface area (Å²) in [6.07, 6.45) is 8.10. The first-order valence-electron chi connectivity index (χ1n) is 7.10. The molecule has 0 unspecified atom stereocenters. The molecule has 0 saturated heterocycles. The quantitative estimate of drug-likeness (QED) is 0.602. The van der Waals surface area contributed by atoms with E-state index in [2.05, 4.69) is 20.0 Å². The number of rotatable bonds is 6. The SMILES string of the molecule is CC(=NCCCN=C(C)c1ccncc1)c1ccncc1. The van der Waals surface area contributed by atoms with Gasteiger partial charge in [0.1, 0.15) is 0 Å². The van der Waals surface area contributed by atoms with Crippen molar-refractivity contribution in [1.82, 2.24) is 9.97 Å². The Morgan fingerprint density at radius 3 is 1.52 bits per heavy atom. The van der Waals surface area contributed by atoms with Gasteiger partial charge in [-0.1, -0.05) is 0 Å². The third-order valence-corrected chi connectivity index (χ3v) is 3.21.